The molecule has 0 aliphatic heterocycles. The number of aromatic hydroxyl groups is 1. The third-order valence-corrected chi connectivity index (χ3v) is 5.45. The van der Waals surface area contributed by atoms with Crippen LogP contribution in [0.4, 0.5) is 0 Å². The Morgan fingerprint density at radius 2 is 1.88 bits per heavy atom. The number of hydrogen-bond donors (Lipinski definition) is 2. The van der Waals surface area contributed by atoms with Gasteiger partial charge in [0.25, 0.3) is 0 Å². The molecule has 0 fully saturated rings. The second-order valence-electron chi connectivity index (χ2n) is 7.31. The van der Waals surface area contributed by atoms with Gasteiger partial charge < -0.3 is 10.2 Å². The lowest BCUT2D eigenvalue weighted by Gasteiger charge is -2.33. The van der Waals surface area contributed by atoms with Crippen LogP contribution in [0.1, 0.15) is 42.4 Å². The van der Waals surface area contributed by atoms with Gasteiger partial charge in [-0.25, -0.2) is 0 Å². The zero-order chi connectivity index (χ0) is 17.9. The van der Waals surface area contributed by atoms with E-state index in [1.54, 1.807) is 6.07 Å². The molecule has 0 saturated heterocycles. The molecule has 0 spiro atoms. The Kier molecular flexibility index (Phi) is 4.82. The van der Waals surface area contributed by atoms with Gasteiger partial charge in [-0.3, -0.25) is 0 Å². The van der Waals surface area contributed by atoms with Gasteiger partial charge in [0.15, 0.2) is 0 Å². The fraction of sp³-hybridized carbons (Fsp3) is 0.333. The lowest BCUT2D eigenvalue weighted by atomic mass is 9.72. The van der Waals surface area contributed by atoms with Crippen LogP contribution in [-0.4, -0.2) is 16.3 Å². The first-order chi connectivity index (χ1) is 12.7. The van der Waals surface area contributed by atoms with Crippen molar-refractivity contribution < 1.29 is 10.2 Å². The van der Waals surface area contributed by atoms with Gasteiger partial charge in [0.1, 0.15) is 5.75 Å². The molecule has 0 radical (unpaired) electrons. The van der Waals surface area contributed by atoms with Crippen molar-refractivity contribution in [2.45, 2.75) is 44.6 Å². The Bertz CT molecular complexity index is 883. The van der Waals surface area contributed by atoms with Crippen LogP contribution in [-0.2, 0) is 12.8 Å². The van der Waals surface area contributed by atoms with Gasteiger partial charge in [0.05, 0.1) is 6.10 Å². The van der Waals surface area contributed by atoms with Gasteiger partial charge in [0, 0.05) is 12.3 Å². The molecule has 2 atom stereocenters. The number of fused-ring (bicyclic) bond motifs is 2. The molecule has 2 aliphatic carbocycles. The van der Waals surface area contributed by atoms with Crippen LogP contribution in [0, 0.1) is 17.8 Å². The second kappa shape index (κ2) is 7.40. The first-order valence-corrected chi connectivity index (χ1v) is 9.45. The van der Waals surface area contributed by atoms with Crippen molar-refractivity contribution in [2.24, 2.45) is 5.92 Å². The summed E-state index contributed by atoms with van der Waals surface area (Å²) in [4.78, 5) is 0. The summed E-state index contributed by atoms with van der Waals surface area (Å²) in [6, 6.07) is 16.1. The molecule has 0 heterocycles. The highest BCUT2D eigenvalue weighted by Crippen LogP contribution is 2.44. The summed E-state index contributed by atoms with van der Waals surface area (Å²) in [7, 11) is 0. The third-order valence-electron chi connectivity index (χ3n) is 5.45. The van der Waals surface area contributed by atoms with Crippen LogP contribution >= 0.6 is 0 Å². The third kappa shape index (κ3) is 3.54. The van der Waals surface area contributed by atoms with Crippen LogP contribution < -0.4 is 0 Å². The van der Waals surface area contributed by atoms with Crippen molar-refractivity contribution in [2.75, 3.05) is 0 Å². The number of phenols is 1. The fourth-order valence-corrected chi connectivity index (χ4v) is 4.24. The summed E-state index contributed by atoms with van der Waals surface area (Å²) in [5.41, 5.74) is 6.39. The van der Waals surface area contributed by atoms with E-state index in [1.807, 2.05) is 18.2 Å². The number of hydrogen-bond acceptors (Lipinski definition) is 2. The average molecular weight is 344 g/mol. The number of benzene rings is 2. The van der Waals surface area contributed by atoms with Crippen LogP contribution in [0.5, 0.6) is 5.75 Å². The van der Waals surface area contributed by atoms with Crippen molar-refractivity contribution in [3.8, 4) is 17.6 Å². The number of aliphatic hydroxyl groups excluding tert-OH is 1. The SMILES string of the molecule is Oc1ccc2c(c1)CCC1=C2[C@H](C#CCCc2ccccc2)CC(O)C1. The minimum atomic E-state index is -0.291. The maximum Gasteiger partial charge on any atom is 0.115 e. The van der Waals surface area contributed by atoms with Crippen LogP contribution in [0.25, 0.3) is 5.57 Å². The van der Waals surface area contributed by atoms with E-state index in [0.29, 0.717) is 12.2 Å². The Morgan fingerprint density at radius 3 is 2.73 bits per heavy atom. The molecule has 1 unspecified atom stereocenters. The smallest absolute Gasteiger partial charge is 0.115 e. The molecule has 0 amide bonds. The Hall–Kier alpha value is -2.50. The molecule has 132 valence electrons. The molecule has 2 aromatic carbocycles. The van der Waals surface area contributed by atoms with Gasteiger partial charge in [-0.1, -0.05) is 47.9 Å². The van der Waals surface area contributed by atoms with Crippen molar-refractivity contribution in [1.82, 2.24) is 0 Å². The molecular formula is C24H24O2. The average Bonchev–Trinajstić information content (AvgIpc) is 2.65. The number of rotatable bonds is 2. The maximum absolute atomic E-state index is 10.3. The van der Waals surface area contributed by atoms with Gasteiger partial charge in [-0.2, -0.15) is 0 Å². The summed E-state index contributed by atoms with van der Waals surface area (Å²) < 4.78 is 0. The largest absolute Gasteiger partial charge is 0.508 e. The number of aliphatic hydroxyl groups is 1. The summed E-state index contributed by atoms with van der Waals surface area (Å²) in [5.74, 6) is 7.22. The normalized spacial score (nSPS) is 21.4. The summed E-state index contributed by atoms with van der Waals surface area (Å²) in [5, 5.41) is 20.1. The lowest BCUT2D eigenvalue weighted by molar-refractivity contribution is 0.152. The molecule has 2 aliphatic rings. The van der Waals surface area contributed by atoms with Gasteiger partial charge in [0.2, 0.25) is 0 Å². The topological polar surface area (TPSA) is 40.5 Å². The van der Waals surface area contributed by atoms with Crippen LogP contribution in [0.3, 0.4) is 0 Å². The first-order valence-electron chi connectivity index (χ1n) is 9.45. The highest BCUT2D eigenvalue weighted by molar-refractivity contribution is 5.78. The van der Waals surface area contributed by atoms with Gasteiger partial charge >= 0.3 is 0 Å². The standard InChI is InChI=1S/C24H24O2/c25-21-12-13-23-18(14-21)10-11-20-16-22(26)15-19(24(20)23)9-5-4-8-17-6-2-1-3-7-17/h1-3,6-7,12-14,19,22,25-26H,4,8,10-11,15-16H2/t19-,22?/m1/s1. The molecule has 2 nitrogen and oxygen atoms in total. The van der Waals surface area contributed by atoms with Crippen LogP contribution in [0.15, 0.2) is 54.1 Å². The van der Waals surface area contributed by atoms with Gasteiger partial charge in [-0.05, 0) is 66.5 Å². The number of aryl methyl sites for hydroxylation is 2. The lowest BCUT2D eigenvalue weighted by Crippen LogP contribution is -2.24. The molecular weight excluding hydrogens is 320 g/mol. The highest BCUT2D eigenvalue weighted by atomic mass is 16.3. The predicted octanol–water partition coefficient (Wildman–Crippen LogP) is 4.50. The van der Waals surface area contributed by atoms with E-state index >= 15 is 0 Å². The molecule has 2 N–H and O–H groups in total. The maximum atomic E-state index is 10.3. The van der Waals surface area contributed by atoms with E-state index < -0.39 is 0 Å². The zero-order valence-electron chi connectivity index (χ0n) is 14.9. The molecule has 4 rings (SSSR count). The summed E-state index contributed by atoms with van der Waals surface area (Å²) in [6.45, 7) is 0. The molecule has 0 bridgehead atoms. The van der Waals surface area contributed by atoms with Crippen LogP contribution in [0.2, 0.25) is 0 Å². The first kappa shape index (κ1) is 16.9. The predicted molar refractivity (Wildman–Crippen MR) is 105 cm³/mol. The minimum Gasteiger partial charge on any atom is -0.508 e. The monoisotopic (exact) mass is 344 g/mol. The van der Waals surface area contributed by atoms with Crippen molar-refractivity contribution >= 4 is 5.57 Å². The minimum absolute atomic E-state index is 0.0908. The molecule has 2 aromatic rings. The second-order valence-corrected chi connectivity index (χ2v) is 7.31. The summed E-state index contributed by atoms with van der Waals surface area (Å²) >= 11 is 0. The quantitative estimate of drug-likeness (QED) is 0.788. The Balaban J connectivity index is 1.57. The molecule has 0 saturated carbocycles. The molecule has 26 heavy (non-hydrogen) atoms. The Labute approximate surface area is 155 Å². The van der Waals surface area contributed by atoms with E-state index in [0.717, 1.165) is 32.1 Å². The highest BCUT2D eigenvalue weighted by Gasteiger charge is 2.31. The van der Waals surface area contributed by atoms with Crippen molar-refractivity contribution in [3.05, 3.63) is 70.8 Å². The van der Waals surface area contributed by atoms with E-state index in [9.17, 15) is 10.2 Å². The van der Waals surface area contributed by atoms with E-state index in [4.69, 9.17) is 0 Å². The molecule has 2 heteroatoms. The summed E-state index contributed by atoms with van der Waals surface area (Å²) in [6.07, 6.45) is 4.87. The Morgan fingerprint density at radius 1 is 1.04 bits per heavy atom. The van der Waals surface area contributed by atoms with Gasteiger partial charge in [-0.15, -0.1) is 5.92 Å². The van der Waals surface area contributed by atoms with E-state index in [2.05, 4.69) is 36.1 Å². The fourth-order valence-electron chi connectivity index (χ4n) is 4.24. The number of phenolic OH excluding ortho intramolecular Hbond substituents is 1. The van der Waals surface area contributed by atoms with E-state index in [-0.39, 0.29) is 12.0 Å². The zero-order valence-corrected chi connectivity index (χ0v) is 14.9. The van der Waals surface area contributed by atoms with Crippen molar-refractivity contribution in [1.29, 1.82) is 0 Å². The van der Waals surface area contributed by atoms with Crippen molar-refractivity contribution in [3.63, 3.8) is 0 Å². The molecule has 0 aromatic heterocycles. The number of allylic oxidation sites excluding steroid dienone is 1. The van der Waals surface area contributed by atoms with E-state index in [1.165, 1.54) is 27.8 Å².